The molecule has 0 radical (unpaired) electrons. The number of carbonyl (C=O) groups is 2. The fourth-order valence-corrected chi connectivity index (χ4v) is 6.14. The number of ether oxygens (including phenoxy) is 2. The van der Waals surface area contributed by atoms with E-state index in [1.54, 1.807) is 33.3 Å². The first-order chi connectivity index (χ1) is 16.2. The number of carbonyl (C=O) groups excluding carboxylic acids is 2. The van der Waals surface area contributed by atoms with Crippen molar-refractivity contribution in [2.45, 2.75) is 55.9 Å². The zero-order valence-corrected chi connectivity index (χ0v) is 22.5. The van der Waals surface area contributed by atoms with Gasteiger partial charge in [0.15, 0.2) is 0 Å². The number of nitrogens with zero attached hydrogens (tertiary/aromatic N) is 2. The largest absolute Gasteiger partial charge is 0.481 e. The zero-order chi connectivity index (χ0) is 26.4. The Morgan fingerprint density at radius 3 is 2.46 bits per heavy atom. The SMILES string of the molecule is CN(CC#CCOc1ccc(S(=O)(=O)N2CC(C)(C)SCC2C(=O)NO)cc1)C(=O)OC(C)(C)C. The van der Waals surface area contributed by atoms with Crippen LogP contribution < -0.4 is 10.2 Å². The lowest BCUT2D eigenvalue weighted by molar-refractivity contribution is -0.132. The Hall–Kier alpha value is -2.46. The fraction of sp³-hybridized carbons (Fsp3) is 0.565. The molecule has 0 aromatic heterocycles. The standard InChI is InChI=1S/C23H33N3O7S2/c1-22(2,3)33-21(28)25(6)13-7-8-14-32-17-9-11-18(12-10-17)35(30,31)26-16-23(4,5)34-15-19(26)20(27)24-29/h9-12,19,29H,13-16H2,1-6H3,(H,24,27). The van der Waals surface area contributed by atoms with Crippen molar-refractivity contribution in [1.29, 1.82) is 0 Å². The first-order valence-electron chi connectivity index (χ1n) is 10.9. The third-order valence-electron chi connectivity index (χ3n) is 4.82. The first kappa shape index (κ1) is 28.8. The highest BCUT2D eigenvalue weighted by Crippen LogP contribution is 2.36. The number of thioether (sulfide) groups is 1. The topological polar surface area (TPSA) is 125 Å². The summed E-state index contributed by atoms with van der Waals surface area (Å²) < 4.78 is 38.1. The molecule has 1 aromatic carbocycles. The second-order valence-electron chi connectivity index (χ2n) is 9.56. The number of rotatable bonds is 6. The minimum Gasteiger partial charge on any atom is -0.481 e. The predicted octanol–water partition coefficient (Wildman–Crippen LogP) is 2.33. The maximum absolute atomic E-state index is 13.3. The van der Waals surface area contributed by atoms with Crippen molar-refractivity contribution in [3.8, 4) is 17.6 Å². The molecule has 1 saturated heterocycles. The summed E-state index contributed by atoms with van der Waals surface area (Å²) in [4.78, 5) is 25.3. The van der Waals surface area contributed by atoms with Crippen molar-refractivity contribution < 1.29 is 32.7 Å². The molecule has 1 heterocycles. The number of hydrogen-bond acceptors (Lipinski definition) is 8. The molecule has 2 rings (SSSR count). The Morgan fingerprint density at radius 2 is 1.89 bits per heavy atom. The summed E-state index contributed by atoms with van der Waals surface area (Å²) in [6.07, 6.45) is -0.473. The van der Waals surface area contributed by atoms with Gasteiger partial charge in [-0.05, 0) is 58.9 Å². The Morgan fingerprint density at radius 1 is 1.26 bits per heavy atom. The maximum atomic E-state index is 13.3. The minimum absolute atomic E-state index is 0.00774. The van der Waals surface area contributed by atoms with E-state index in [4.69, 9.17) is 14.7 Å². The van der Waals surface area contributed by atoms with Crippen LogP contribution in [-0.2, 0) is 19.6 Å². The summed E-state index contributed by atoms with van der Waals surface area (Å²) in [6, 6.07) is 4.79. The molecular weight excluding hydrogens is 494 g/mol. The second-order valence-corrected chi connectivity index (χ2v) is 13.2. The lowest BCUT2D eigenvalue weighted by Crippen LogP contribution is -2.57. The van der Waals surface area contributed by atoms with Crippen LogP contribution in [0, 0.1) is 11.8 Å². The molecule has 1 aliphatic rings. The van der Waals surface area contributed by atoms with Crippen LogP contribution in [-0.4, -0.2) is 83.7 Å². The monoisotopic (exact) mass is 527 g/mol. The van der Waals surface area contributed by atoms with E-state index in [0.717, 1.165) is 4.31 Å². The first-order valence-corrected chi connectivity index (χ1v) is 13.3. The van der Waals surface area contributed by atoms with E-state index in [9.17, 15) is 18.0 Å². The van der Waals surface area contributed by atoms with Gasteiger partial charge in [-0.1, -0.05) is 11.8 Å². The molecule has 2 amide bonds. The molecule has 0 saturated carbocycles. The summed E-state index contributed by atoms with van der Waals surface area (Å²) in [5.74, 6) is 5.48. The maximum Gasteiger partial charge on any atom is 0.410 e. The highest BCUT2D eigenvalue weighted by molar-refractivity contribution is 8.00. The lowest BCUT2D eigenvalue weighted by Gasteiger charge is -2.41. The van der Waals surface area contributed by atoms with Crippen LogP contribution in [0.4, 0.5) is 4.79 Å². The molecule has 0 bridgehead atoms. The van der Waals surface area contributed by atoms with E-state index in [-0.39, 0.29) is 30.3 Å². The molecule has 35 heavy (non-hydrogen) atoms. The van der Waals surface area contributed by atoms with Gasteiger partial charge in [0, 0.05) is 24.1 Å². The minimum atomic E-state index is -4.00. The summed E-state index contributed by atoms with van der Waals surface area (Å²) in [5, 5.41) is 9.05. The van der Waals surface area contributed by atoms with Crippen molar-refractivity contribution in [3.63, 3.8) is 0 Å². The summed E-state index contributed by atoms with van der Waals surface area (Å²) in [5.41, 5.74) is 0.975. The van der Waals surface area contributed by atoms with Gasteiger partial charge in [0.2, 0.25) is 10.0 Å². The van der Waals surface area contributed by atoms with E-state index in [1.165, 1.54) is 40.9 Å². The Bertz CT molecular complexity index is 1070. The van der Waals surface area contributed by atoms with Crippen LogP contribution in [0.25, 0.3) is 0 Å². The Labute approximate surface area is 211 Å². The van der Waals surface area contributed by atoms with Gasteiger partial charge in [-0.3, -0.25) is 10.0 Å². The zero-order valence-electron chi connectivity index (χ0n) is 20.8. The van der Waals surface area contributed by atoms with E-state index in [2.05, 4.69) is 11.8 Å². The van der Waals surface area contributed by atoms with Gasteiger partial charge in [0.05, 0.1) is 11.4 Å². The number of benzene rings is 1. The molecule has 1 fully saturated rings. The van der Waals surface area contributed by atoms with E-state index in [0.29, 0.717) is 5.75 Å². The van der Waals surface area contributed by atoms with Crippen molar-refractivity contribution in [3.05, 3.63) is 24.3 Å². The van der Waals surface area contributed by atoms with Crippen LogP contribution in [0.15, 0.2) is 29.2 Å². The van der Waals surface area contributed by atoms with Crippen LogP contribution in [0.5, 0.6) is 5.75 Å². The van der Waals surface area contributed by atoms with Crippen molar-refractivity contribution in [1.82, 2.24) is 14.7 Å². The molecule has 12 heteroatoms. The molecule has 1 atom stereocenters. The molecule has 1 unspecified atom stereocenters. The average molecular weight is 528 g/mol. The van der Waals surface area contributed by atoms with Crippen LogP contribution in [0.1, 0.15) is 34.6 Å². The second kappa shape index (κ2) is 11.5. The van der Waals surface area contributed by atoms with Gasteiger partial charge in [0.1, 0.15) is 24.0 Å². The molecule has 0 aliphatic carbocycles. The molecule has 10 nitrogen and oxygen atoms in total. The molecule has 1 aromatic rings. The van der Waals surface area contributed by atoms with Crippen LogP contribution in [0.3, 0.4) is 0 Å². The Balaban J connectivity index is 2.00. The third kappa shape index (κ3) is 8.31. The number of hydrogen-bond donors (Lipinski definition) is 2. The summed E-state index contributed by atoms with van der Waals surface area (Å²) in [6.45, 7) is 9.48. The van der Waals surface area contributed by atoms with E-state index >= 15 is 0 Å². The van der Waals surface area contributed by atoms with Gasteiger partial charge < -0.3 is 14.4 Å². The summed E-state index contributed by atoms with van der Waals surface area (Å²) >= 11 is 1.47. The van der Waals surface area contributed by atoms with Crippen molar-refractivity contribution in [2.24, 2.45) is 0 Å². The highest BCUT2D eigenvalue weighted by atomic mass is 32.2. The van der Waals surface area contributed by atoms with Crippen molar-refractivity contribution in [2.75, 3.05) is 32.5 Å². The van der Waals surface area contributed by atoms with E-state index < -0.39 is 38.4 Å². The number of sulfonamides is 1. The smallest absolute Gasteiger partial charge is 0.410 e. The quantitative estimate of drug-likeness (QED) is 0.328. The van der Waals surface area contributed by atoms with Gasteiger partial charge >= 0.3 is 6.09 Å². The third-order valence-corrected chi connectivity index (χ3v) is 8.08. The molecule has 1 aliphatic heterocycles. The molecule has 0 spiro atoms. The van der Waals surface area contributed by atoms with Gasteiger partial charge in [-0.15, -0.1) is 0 Å². The highest BCUT2D eigenvalue weighted by Gasteiger charge is 2.43. The van der Waals surface area contributed by atoms with Crippen LogP contribution >= 0.6 is 11.8 Å². The average Bonchev–Trinajstić information content (AvgIpc) is 2.76. The number of amides is 2. The number of hydroxylamine groups is 1. The van der Waals surface area contributed by atoms with Gasteiger partial charge in [-0.25, -0.2) is 18.7 Å². The fourth-order valence-electron chi connectivity index (χ4n) is 3.04. The predicted molar refractivity (Wildman–Crippen MR) is 133 cm³/mol. The summed E-state index contributed by atoms with van der Waals surface area (Å²) in [7, 11) is -2.42. The lowest BCUT2D eigenvalue weighted by atomic mass is 10.2. The van der Waals surface area contributed by atoms with Crippen molar-refractivity contribution >= 4 is 33.8 Å². The molecule has 194 valence electrons. The van der Waals surface area contributed by atoms with Crippen LogP contribution in [0.2, 0.25) is 0 Å². The normalized spacial score (nSPS) is 18.1. The van der Waals surface area contributed by atoms with Gasteiger partial charge in [0.25, 0.3) is 5.91 Å². The molecule has 2 N–H and O–H groups in total. The number of nitrogens with one attached hydrogen (secondary N) is 1. The molecular formula is C23H33N3O7S2. The van der Waals surface area contributed by atoms with Gasteiger partial charge in [-0.2, -0.15) is 16.1 Å². The van der Waals surface area contributed by atoms with E-state index in [1.807, 2.05) is 13.8 Å². The Kier molecular flexibility index (Phi) is 9.47.